The SMILES string of the molecule is O=C(NN=Cc1cccc([N+](=O)[O-])c1O)c1cccc(F)c1. The van der Waals surface area contributed by atoms with E-state index in [2.05, 4.69) is 10.5 Å². The van der Waals surface area contributed by atoms with Crippen LogP contribution in [-0.2, 0) is 0 Å². The molecule has 0 heterocycles. The van der Waals surface area contributed by atoms with Crippen LogP contribution in [0, 0.1) is 15.9 Å². The molecule has 0 saturated carbocycles. The first-order chi connectivity index (χ1) is 10.5. The van der Waals surface area contributed by atoms with Crippen LogP contribution >= 0.6 is 0 Å². The fraction of sp³-hybridized carbons (Fsp3) is 0. The van der Waals surface area contributed by atoms with Crippen molar-refractivity contribution in [3.8, 4) is 5.75 Å². The Morgan fingerprint density at radius 3 is 2.73 bits per heavy atom. The van der Waals surface area contributed by atoms with E-state index in [0.29, 0.717) is 0 Å². The molecule has 2 rings (SSSR count). The van der Waals surface area contributed by atoms with E-state index >= 15 is 0 Å². The van der Waals surface area contributed by atoms with E-state index in [1.807, 2.05) is 0 Å². The standard InChI is InChI=1S/C14H10FN3O4/c15-11-5-1-3-9(7-11)14(20)17-16-8-10-4-2-6-12(13(10)19)18(21)22/h1-8,19H,(H,17,20). The topological polar surface area (TPSA) is 105 Å². The smallest absolute Gasteiger partial charge is 0.311 e. The van der Waals surface area contributed by atoms with Crippen LogP contribution in [0.4, 0.5) is 10.1 Å². The van der Waals surface area contributed by atoms with E-state index in [9.17, 15) is 24.4 Å². The summed E-state index contributed by atoms with van der Waals surface area (Å²) in [6.45, 7) is 0. The molecule has 0 fully saturated rings. The first kappa shape index (κ1) is 15.1. The molecule has 0 unspecified atom stereocenters. The average molecular weight is 303 g/mol. The Labute approximate surface area is 123 Å². The molecule has 2 aromatic carbocycles. The maximum Gasteiger partial charge on any atom is 0.311 e. The Kier molecular flexibility index (Phi) is 4.42. The Balaban J connectivity index is 2.12. The minimum atomic E-state index is -0.738. The van der Waals surface area contributed by atoms with Gasteiger partial charge in [0.05, 0.1) is 11.1 Å². The number of halogens is 1. The zero-order valence-electron chi connectivity index (χ0n) is 11.1. The van der Waals surface area contributed by atoms with Crippen LogP contribution in [0.25, 0.3) is 0 Å². The molecule has 0 aliphatic carbocycles. The lowest BCUT2D eigenvalue weighted by Gasteiger charge is -2.01. The molecule has 0 bridgehead atoms. The Morgan fingerprint density at radius 1 is 1.32 bits per heavy atom. The van der Waals surface area contributed by atoms with Crippen LogP contribution in [-0.4, -0.2) is 22.2 Å². The van der Waals surface area contributed by atoms with Gasteiger partial charge in [-0.15, -0.1) is 0 Å². The predicted octanol–water partition coefficient (Wildman–Crippen LogP) is 2.20. The zero-order valence-corrected chi connectivity index (χ0v) is 11.1. The predicted molar refractivity (Wildman–Crippen MR) is 76.2 cm³/mol. The van der Waals surface area contributed by atoms with Gasteiger partial charge in [-0.1, -0.05) is 12.1 Å². The first-order valence-electron chi connectivity index (χ1n) is 6.04. The molecule has 0 spiro atoms. The third-order valence-electron chi connectivity index (χ3n) is 2.70. The van der Waals surface area contributed by atoms with Crippen LogP contribution in [0.3, 0.4) is 0 Å². The molecule has 2 N–H and O–H groups in total. The summed E-state index contributed by atoms with van der Waals surface area (Å²) < 4.78 is 13.0. The lowest BCUT2D eigenvalue weighted by atomic mass is 10.2. The van der Waals surface area contributed by atoms with E-state index in [-0.39, 0.29) is 11.1 Å². The molecule has 8 heteroatoms. The van der Waals surface area contributed by atoms with E-state index in [1.54, 1.807) is 0 Å². The number of hydrazone groups is 1. The van der Waals surface area contributed by atoms with Crippen molar-refractivity contribution in [2.24, 2.45) is 5.10 Å². The number of phenols is 1. The maximum atomic E-state index is 13.0. The van der Waals surface area contributed by atoms with Crippen molar-refractivity contribution < 1.29 is 19.2 Å². The second-order valence-electron chi connectivity index (χ2n) is 4.18. The molecule has 22 heavy (non-hydrogen) atoms. The number of amides is 1. The van der Waals surface area contributed by atoms with E-state index in [1.165, 1.54) is 30.3 Å². The van der Waals surface area contributed by atoms with Gasteiger partial charge in [-0.05, 0) is 24.3 Å². The lowest BCUT2D eigenvalue weighted by Crippen LogP contribution is -2.17. The van der Waals surface area contributed by atoms with Gasteiger partial charge < -0.3 is 5.11 Å². The number of nitro groups is 1. The van der Waals surface area contributed by atoms with Crippen LogP contribution < -0.4 is 5.43 Å². The number of benzene rings is 2. The summed E-state index contributed by atoms with van der Waals surface area (Å²) in [4.78, 5) is 21.6. The molecule has 0 aromatic heterocycles. The number of carbonyl (C=O) groups is 1. The molecule has 0 radical (unpaired) electrons. The summed E-state index contributed by atoms with van der Waals surface area (Å²) in [6, 6.07) is 8.90. The number of hydrogen-bond donors (Lipinski definition) is 2. The summed E-state index contributed by atoms with van der Waals surface area (Å²) in [6.07, 6.45) is 1.06. The average Bonchev–Trinajstić information content (AvgIpc) is 2.48. The summed E-state index contributed by atoms with van der Waals surface area (Å²) in [7, 11) is 0. The fourth-order valence-electron chi connectivity index (χ4n) is 1.65. The first-order valence-corrected chi connectivity index (χ1v) is 6.04. The number of phenolic OH excluding ortho intramolecular Hbond substituents is 1. The molecular formula is C14H10FN3O4. The number of nitro benzene ring substituents is 1. The second-order valence-corrected chi connectivity index (χ2v) is 4.18. The molecule has 1 amide bonds. The van der Waals surface area contributed by atoms with Gasteiger partial charge in [0.15, 0.2) is 0 Å². The highest BCUT2D eigenvalue weighted by atomic mass is 19.1. The van der Waals surface area contributed by atoms with Crippen molar-refractivity contribution in [1.82, 2.24) is 5.43 Å². The molecule has 112 valence electrons. The lowest BCUT2D eigenvalue weighted by molar-refractivity contribution is -0.385. The zero-order chi connectivity index (χ0) is 16.1. The minimum absolute atomic E-state index is 0.0637. The third-order valence-corrected chi connectivity index (χ3v) is 2.70. The van der Waals surface area contributed by atoms with Gasteiger partial charge in [-0.25, -0.2) is 9.82 Å². The van der Waals surface area contributed by atoms with Crippen molar-refractivity contribution >= 4 is 17.8 Å². The highest BCUT2D eigenvalue weighted by Gasteiger charge is 2.15. The minimum Gasteiger partial charge on any atom is -0.502 e. The van der Waals surface area contributed by atoms with Crippen LogP contribution in [0.1, 0.15) is 15.9 Å². The van der Waals surface area contributed by atoms with Gasteiger partial charge in [-0.2, -0.15) is 5.10 Å². The van der Waals surface area contributed by atoms with Crippen molar-refractivity contribution in [3.05, 3.63) is 69.5 Å². The number of carbonyl (C=O) groups excluding carboxylic acids is 1. The van der Waals surface area contributed by atoms with Gasteiger partial charge in [0.25, 0.3) is 5.91 Å². The molecular weight excluding hydrogens is 293 g/mol. The Morgan fingerprint density at radius 2 is 2.05 bits per heavy atom. The maximum absolute atomic E-state index is 13.0. The van der Waals surface area contributed by atoms with Gasteiger partial charge in [0.2, 0.25) is 5.75 Å². The highest BCUT2D eigenvalue weighted by Crippen LogP contribution is 2.27. The molecule has 0 saturated heterocycles. The largest absolute Gasteiger partial charge is 0.502 e. The van der Waals surface area contributed by atoms with Crippen molar-refractivity contribution in [2.45, 2.75) is 0 Å². The Bertz CT molecular complexity index is 762. The van der Waals surface area contributed by atoms with E-state index in [0.717, 1.165) is 18.3 Å². The van der Waals surface area contributed by atoms with E-state index < -0.39 is 28.1 Å². The summed E-state index contributed by atoms with van der Waals surface area (Å²) >= 11 is 0. The summed E-state index contributed by atoms with van der Waals surface area (Å²) in [5, 5.41) is 23.9. The number of aromatic hydroxyl groups is 1. The number of rotatable bonds is 4. The van der Waals surface area contributed by atoms with Gasteiger partial charge in [0.1, 0.15) is 5.82 Å². The summed E-state index contributed by atoms with van der Waals surface area (Å²) in [5.41, 5.74) is 1.80. The number of hydrogen-bond acceptors (Lipinski definition) is 5. The van der Waals surface area contributed by atoms with Crippen molar-refractivity contribution in [1.29, 1.82) is 0 Å². The quantitative estimate of drug-likeness (QED) is 0.513. The monoisotopic (exact) mass is 303 g/mol. The molecule has 0 atom stereocenters. The number of para-hydroxylation sites is 1. The normalized spacial score (nSPS) is 10.6. The van der Waals surface area contributed by atoms with Gasteiger partial charge in [-0.3, -0.25) is 14.9 Å². The molecule has 0 aliphatic rings. The number of nitrogens with zero attached hydrogens (tertiary/aromatic N) is 2. The van der Waals surface area contributed by atoms with Gasteiger partial charge >= 0.3 is 5.69 Å². The van der Waals surface area contributed by atoms with Crippen LogP contribution in [0.5, 0.6) is 5.75 Å². The van der Waals surface area contributed by atoms with Crippen molar-refractivity contribution in [2.75, 3.05) is 0 Å². The summed E-state index contributed by atoms with van der Waals surface area (Å²) in [5.74, 6) is -1.77. The molecule has 0 aliphatic heterocycles. The molecule has 2 aromatic rings. The second kappa shape index (κ2) is 6.44. The number of nitrogens with one attached hydrogen (secondary N) is 1. The van der Waals surface area contributed by atoms with E-state index in [4.69, 9.17) is 0 Å². The molecule has 7 nitrogen and oxygen atoms in total. The Hall–Kier alpha value is -3.29. The van der Waals surface area contributed by atoms with Crippen molar-refractivity contribution in [3.63, 3.8) is 0 Å². The van der Waals surface area contributed by atoms with Crippen LogP contribution in [0.2, 0.25) is 0 Å². The van der Waals surface area contributed by atoms with Crippen LogP contribution in [0.15, 0.2) is 47.6 Å². The van der Waals surface area contributed by atoms with Gasteiger partial charge in [0, 0.05) is 17.2 Å². The fourth-order valence-corrected chi connectivity index (χ4v) is 1.65. The third kappa shape index (κ3) is 3.42. The highest BCUT2D eigenvalue weighted by molar-refractivity contribution is 5.95.